The van der Waals surface area contributed by atoms with E-state index in [9.17, 15) is 29.4 Å². The Hall–Kier alpha value is -1.92. The summed E-state index contributed by atoms with van der Waals surface area (Å²) in [5.74, 6) is -5.82. The molecule has 6 unspecified atom stereocenters. The Morgan fingerprint density at radius 2 is 1.76 bits per heavy atom. The Bertz CT molecular complexity index is 525. The Balaban J connectivity index is 1.74. The van der Waals surface area contributed by atoms with E-state index in [1.807, 2.05) is 0 Å². The fourth-order valence-electron chi connectivity index (χ4n) is 4.52. The van der Waals surface area contributed by atoms with Crippen LogP contribution in [0.1, 0.15) is 25.7 Å². The van der Waals surface area contributed by atoms with Crippen molar-refractivity contribution in [3.05, 3.63) is 0 Å². The standard InChI is InChI=1S/C14H16O7/c15-9-4-7(14(20)21-9)2-5-1-6-3-8(5)11(13(18)19)10(6)12(16)17/h5-8,10-11H,1-4H2,(H,16,17)(H,18,19). The van der Waals surface area contributed by atoms with E-state index in [0.29, 0.717) is 19.3 Å². The van der Waals surface area contributed by atoms with Crippen LogP contribution in [0.3, 0.4) is 0 Å². The zero-order chi connectivity index (χ0) is 15.3. The van der Waals surface area contributed by atoms with Gasteiger partial charge in [-0.15, -0.1) is 0 Å². The van der Waals surface area contributed by atoms with Crippen molar-refractivity contribution in [3.63, 3.8) is 0 Å². The van der Waals surface area contributed by atoms with Crippen molar-refractivity contribution >= 4 is 23.9 Å². The molecule has 7 nitrogen and oxygen atoms in total. The van der Waals surface area contributed by atoms with Gasteiger partial charge in [-0.1, -0.05) is 0 Å². The van der Waals surface area contributed by atoms with Crippen LogP contribution in [0.2, 0.25) is 0 Å². The van der Waals surface area contributed by atoms with Gasteiger partial charge in [0.2, 0.25) is 0 Å². The van der Waals surface area contributed by atoms with Gasteiger partial charge in [-0.25, -0.2) is 0 Å². The van der Waals surface area contributed by atoms with Gasteiger partial charge in [-0.05, 0) is 37.0 Å². The molecule has 2 bridgehead atoms. The van der Waals surface area contributed by atoms with Gasteiger partial charge in [0.25, 0.3) is 0 Å². The molecule has 1 aliphatic heterocycles. The third-order valence-electron chi connectivity index (χ3n) is 5.26. The Morgan fingerprint density at radius 3 is 2.29 bits per heavy atom. The fraction of sp³-hybridized carbons (Fsp3) is 0.714. The second-order valence-electron chi connectivity index (χ2n) is 6.31. The van der Waals surface area contributed by atoms with E-state index in [-0.39, 0.29) is 24.2 Å². The average Bonchev–Trinajstić information content (AvgIpc) is 3.02. The van der Waals surface area contributed by atoms with Crippen molar-refractivity contribution in [1.82, 2.24) is 0 Å². The molecule has 0 spiro atoms. The number of fused-ring (bicyclic) bond motifs is 2. The summed E-state index contributed by atoms with van der Waals surface area (Å²) in [6, 6.07) is 0. The van der Waals surface area contributed by atoms with Gasteiger partial charge < -0.3 is 14.9 Å². The number of carbonyl (C=O) groups excluding carboxylic acids is 2. The molecule has 1 heterocycles. The summed E-state index contributed by atoms with van der Waals surface area (Å²) in [6.45, 7) is 0. The maximum atomic E-state index is 11.5. The minimum atomic E-state index is -1.08. The van der Waals surface area contributed by atoms with E-state index in [1.54, 1.807) is 0 Å². The lowest BCUT2D eigenvalue weighted by atomic mass is 9.71. The first-order chi connectivity index (χ1) is 9.88. The topological polar surface area (TPSA) is 118 Å². The molecule has 7 heteroatoms. The molecule has 21 heavy (non-hydrogen) atoms. The van der Waals surface area contributed by atoms with Gasteiger partial charge in [0, 0.05) is 0 Å². The van der Waals surface area contributed by atoms with Gasteiger partial charge >= 0.3 is 23.9 Å². The van der Waals surface area contributed by atoms with Crippen molar-refractivity contribution in [1.29, 1.82) is 0 Å². The molecule has 0 amide bonds. The highest BCUT2D eigenvalue weighted by Crippen LogP contribution is 2.57. The molecule has 2 aliphatic carbocycles. The van der Waals surface area contributed by atoms with E-state index >= 15 is 0 Å². The maximum absolute atomic E-state index is 11.5. The largest absolute Gasteiger partial charge is 0.481 e. The zero-order valence-electron chi connectivity index (χ0n) is 11.2. The van der Waals surface area contributed by atoms with Gasteiger partial charge in [-0.3, -0.25) is 19.2 Å². The van der Waals surface area contributed by atoms with E-state index in [2.05, 4.69) is 4.74 Å². The summed E-state index contributed by atoms with van der Waals surface area (Å²) in [5.41, 5.74) is 0. The number of carbonyl (C=O) groups is 4. The Kier molecular flexibility index (Phi) is 3.22. The van der Waals surface area contributed by atoms with E-state index in [1.165, 1.54) is 0 Å². The monoisotopic (exact) mass is 296 g/mol. The highest BCUT2D eigenvalue weighted by atomic mass is 16.6. The minimum Gasteiger partial charge on any atom is -0.481 e. The summed E-state index contributed by atoms with van der Waals surface area (Å²) in [7, 11) is 0. The quantitative estimate of drug-likeness (QED) is 0.573. The van der Waals surface area contributed by atoms with Crippen molar-refractivity contribution in [2.24, 2.45) is 35.5 Å². The lowest BCUT2D eigenvalue weighted by Gasteiger charge is -2.31. The van der Waals surface area contributed by atoms with Crippen LogP contribution in [0.4, 0.5) is 0 Å². The molecule has 2 saturated carbocycles. The smallest absolute Gasteiger partial charge is 0.317 e. The molecule has 3 fully saturated rings. The summed E-state index contributed by atoms with van der Waals surface area (Å²) in [5, 5.41) is 18.5. The number of carboxylic acids is 2. The second kappa shape index (κ2) is 4.82. The number of ether oxygens (including phenoxy) is 1. The fourth-order valence-corrected chi connectivity index (χ4v) is 4.52. The van der Waals surface area contributed by atoms with Crippen molar-refractivity contribution in [3.8, 4) is 0 Å². The number of hydrogen-bond donors (Lipinski definition) is 2. The summed E-state index contributed by atoms with van der Waals surface area (Å²) >= 11 is 0. The number of hydrogen-bond acceptors (Lipinski definition) is 5. The molecular formula is C14H16O7. The Morgan fingerprint density at radius 1 is 1.10 bits per heavy atom. The summed E-state index contributed by atoms with van der Waals surface area (Å²) < 4.78 is 4.51. The van der Waals surface area contributed by atoms with E-state index in [4.69, 9.17) is 0 Å². The lowest BCUT2D eigenvalue weighted by molar-refractivity contribution is -0.157. The van der Waals surface area contributed by atoms with Crippen LogP contribution < -0.4 is 0 Å². The third kappa shape index (κ3) is 2.20. The van der Waals surface area contributed by atoms with Crippen LogP contribution in [-0.4, -0.2) is 34.1 Å². The molecule has 114 valence electrons. The first-order valence-electron chi connectivity index (χ1n) is 7.08. The van der Waals surface area contributed by atoms with Crippen LogP contribution in [0.25, 0.3) is 0 Å². The van der Waals surface area contributed by atoms with Crippen LogP contribution in [0.5, 0.6) is 0 Å². The van der Waals surface area contributed by atoms with Crippen molar-refractivity contribution in [2.75, 3.05) is 0 Å². The Labute approximate surface area is 120 Å². The number of esters is 2. The second-order valence-corrected chi connectivity index (χ2v) is 6.31. The maximum Gasteiger partial charge on any atom is 0.317 e. The average molecular weight is 296 g/mol. The predicted molar refractivity (Wildman–Crippen MR) is 65.8 cm³/mol. The van der Waals surface area contributed by atoms with Crippen molar-refractivity contribution in [2.45, 2.75) is 25.7 Å². The first kappa shape index (κ1) is 14.0. The molecule has 2 N–H and O–H groups in total. The molecule has 0 aromatic heterocycles. The molecule has 6 atom stereocenters. The molecule has 1 saturated heterocycles. The third-order valence-corrected chi connectivity index (χ3v) is 5.26. The first-order valence-corrected chi connectivity index (χ1v) is 7.08. The molecule has 0 radical (unpaired) electrons. The zero-order valence-corrected chi connectivity index (χ0v) is 11.2. The predicted octanol–water partition coefficient (Wildman–Crippen LogP) is 0.524. The van der Waals surface area contributed by atoms with Crippen LogP contribution in [-0.2, 0) is 23.9 Å². The number of carboxylic acid groups (broad SMARTS) is 2. The molecule has 3 rings (SSSR count). The normalized spacial score (nSPS) is 41.3. The summed E-state index contributed by atoms with van der Waals surface area (Å²) in [6.07, 6.45) is 1.66. The van der Waals surface area contributed by atoms with Gasteiger partial charge in [0.1, 0.15) is 0 Å². The van der Waals surface area contributed by atoms with Crippen LogP contribution in [0.15, 0.2) is 0 Å². The van der Waals surface area contributed by atoms with Crippen LogP contribution >= 0.6 is 0 Å². The number of cyclic esters (lactones) is 2. The summed E-state index contributed by atoms with van der Waals surface area (Å²) in [4.78, 5) is 45.3. The van der Waals surface area contributed by atoms with Crippen molar-refractivity contribution < 1.29 is 34.1 Å². The van der Waals surface area contributed by atoms with Gasteiger partial charge in [-0.2, -0.15) is 0 Å². The SMILES string of the molecule is O=C1CC(CC2CC3CC2C(C(=O)O)C3C(=O)O)C(=O)O1. The highest BCUT2D eigenvalue weighted by molar-refractivity contribution is 5.94. The molecular weight excluding hydrogens is 280 g/mol. The lowest BCUT2D eigenvalue weighted by Crippen LogP contribution is -2.38. The highest BCUT2D eigenvalue weighted by Gasteiger charge is 2.58. The minimum absolute atomic E-state index is 0.0184. The number of aliphatic carboxylic acids is 2. The van der Waals surface area contributed by atoms with E-state index < -0.39 is 41.6 Å². The van der Waals surface area contributed by atoms with E-state index in [0.717, 1.165) is 0 Å². The van der Waals surface area contributed by atoms with Gasteiger partial charge in [0.15, 0.2) is 0 Å². The number of rotatable bonds is 4. The molecule has 0 aromatic rings. The van der Waals surface area contributed by atoms with Gasteiger partial charge in [0.05, 0.1) is 24.2 Å². The molecule has 3 aliphatic rings. The van der Waals surface area contributed by atoms with Crippen LogP contribution in [0, 0.1) is 35.5 Å². The molecule has 0 aromatic carbocycles.